The fourth-order valence-electron chi connectivity index (χ4n) is 1.06. The van der Waals surface area contributed by atoms with Gasteiger partial charge in [-0.1, -0.05) is 6.92 Å². The van der Waals surface area contributed by atoms with Crippen LogP contribution in [-0.2, 0) is 0 Å². The van der Waals surface area contributed by atoms with E-state index in [1.165, 1.54) is 0 Å². The number of hydrogen-bond acceptors (Lipinski definition) is 4. The van der Waals surface area contributed by atoms with E-state index in [4.69, 9.17) is 0 Å². The average Bonchev–Trinajstić information content (AvgIpc) is 2.06. The Hall–Kier alpha value is 1.40. The van der Waals surface area contributed by atoms with Crippen LogP contribution in [-0.4, -0.2) is 22.5 Å². The number of rotatable bonds is 6. The Bertz CT molecular complexity index is 101. The van der Waals surface area contributed by atoms with Gasteiger partial charge in [-0.15, -0.1) is 0 Å². The maximum atomic E-state index is 4.43. The van der Waals surface area contributed by atoms with E-state index in [0.717, 1.165) is 23.7 Å². The highest BCUT2D eigenvalue weighted by Gasteiger charge is 2.16. The van der Waals surface area contributed by atoms with E-state index in [0.29, 0.717) is 17.1 Å². The predicted molar refractivity (Wildman–Crippen MR) is 71.6 cm³/mol. The first kappa shape index (κ1) is 13.4. The van der Waals surface area contributed by atoms with Crippen LogP contribution in [0, 0.1) is 11.8 Å². The summed E-state index contributed by atoms with van der Waals surface area (Å²) in [6, 6.07) is 0. The quantitative estimate of drug-likeness (QED) is 0.506. The van der Waals surface area contributed by atoms with E-state index >= 15 is 0 Å². The molecule has 0 bridgehead atoms. The lowest BCUT2D eigenvalue weighted by molar-refractivity contribution is 0.455. The first-order chi connectivity index (χ1) is 5.65. The zero-order chi connectivity index (χ0) is 9.56. The third-order valence-corrected chi connectivity index (χ3v) is 3.99. The molecule has 0 aromatic heterocycles. The first-order valence-electron chi connectivity index (χ1n) is 4.16. The molecule has 0 spiro atoms. The summed E-state index contributed by atoms with van der Waals surface area (Å²) in [5.74, 6) is 3.91. The van der Waals surface area contributed by atoms with Gasteiger partial charge in [0, 0.05) is 5.25 Å². The van der Waals surface area contributed by atoms with E-state index in [2.05, 4.69) is 57.4 Å². The molecule has 0 fully saturated rings. The van der Waals surface area contributed by atoms with Crippen LogP contribution >= 0.6 is 50.5 Å². The molecule has 0 radical (unpaired) electrons. The van der Waals surface area contributed by atoms with Gasteiger partial charge in [0.2, 0.25) is 0 Å². The van der Waals surface area contributed by atoms with Crippen LogP contribution in [0.5, 0.6) is 0 Å². The van der Waals surface area contributed by atoms with Gasteiger partial charge in [0.25, 0.3) is 0 Å². The SMILES string of the molecule is CC(S)C(CS)CC(CS)CS. The van der Waals surface area contributed by atoms with E-state index in [9.17, 15) is 0 Å². The van der Waals surface area contributed by atoms with Crippen molar-refractivity contribution < 1.29 is 0 Å². The smallest absolute Gasteiger partial charge is 0.00246 e. The molecule has 0 saturated heterocycles. The van der Waals surface area contributed by atoms with Crippen molar-refractivity contribution in [2.24, 2.45) is 11.8 Å². The zero-order valence-electron chi connectivity index (χ0n) is 7.35. The standard InChI is InChI=1S/C8H18S4/c1-6(12)8(5-11)2-7(3-9)4-10/h6-12H,2-5H2,1H3. The summed E-state index contributed by atoms with van der Waals surface area (Å²) in [6.07, 6.45) is 1.14. The monoisotopic (exact) mass is 242 g/mol. The van der Waals surface area contributed by atoms with Crippen molar-refractivity contribution in [3.63, 3.8) is 0 Å². The Morgan fingerprint density at radius 3 is 1.75 bits per heavy atom. The topological polar surface area (TPSA) is 0 Å². The van der Waals surface area contributed by atoms with Crippen molar-refractivity contribution in [1.29, 1.82) is 0 Å². The Morgan fingerprint density at radius 2 is 1.50 bits per heavy atom. The van der Waals surface area contributed by atoms with Gasteiger partial charge in [0.1, 0.15) is 0 Å². The van der Waals surface area contributed by atoms with Gasteiger partial charge >= 0.3 is 0 Å². The third-order valence-electron chi connectivity index (χ3n) is 2.07. The molecule has 12 heavy (non-hydrogen) atoms. The summed E-state index contributed by atoms with van der Waals surface area (Å²) in [4.78, 5) is 0. The molecular weight excluding hydrogens is 224 g/mol. The second-order valence-electron chi connectivity index (χ2n) is 3.15. The third kappa shape index (κ3) is 5.20. The lowest BCUT2D eigenvalue weighted by Gasteiger charge is -2.22. The Labute approximate surface area is 97.9 Å². The molecule has 0 rings (SSSR count). The van der Waals surface area contributed by atoms with E-state index in [1.54, 1.807) is 0 Å². The Kier molecular flexibility index (Phi) is 8.68. The van der Waals surface area contributed by atoms with Crippen LogP contribution in [0.2, 0.25) is 0 Å². The molecule has 0 N–H and O–H groups in total. The first-order valence-corrected chi connectivity index (χ1v) is 6.57. The van der Waals surface area contributed by atoms with Crippen LogP contribution in [0.1, 0.15) is 13.3 Å². The second kappa shape index (κ2) is 7.77. The highest BCUT2D eigenvalue weighted by atomic mass is 32.1. The summed E-state index contributed by atoms with van der Waals surface area (Å²) in [5.41, 5.74) is 0. The lowest BCUT2D eigenvalue weighted by Crippen LogP contribution is -2.19. The molecule has 0 aliphatic heterocycles. The summed E-state index contributed by atoms with van der Waals surface area (Å²) in [7, 11) is 0. The number of hydrogen-bond donors (Lipinski definition) is 4. The minimum atomic E-state index is 0.421. The molecular formula is C8H18S4. The van der Waals surface area contributed by atoms with Crippen molar-refractivity contribution in [2.75, 3.05) is 17.3 Å². The van der Waals surface area contributed by atoms with Crippen molar-refractivity contribution in [3.05, 3.63) is 0 Å². The molecule has 2 unspecified atom stereocenters. The summed E-state index contributed by atoms with van der Waals surface area (Å²) in [6.45, 7) is 2.12. The highest BCUT2D eigenvalue weighted by molar-refractivity contribution is 7.81. The van der Waals surface area contributed by atoms with E-state index in [-0.39, 0.29) is 0 Å². The van der Waals surface area contributed by atoms with Crippen molar-refractivity contribution in [1.82, 2.24) is 0 Å². The normalized spacial score (nSPS) is 16.5. The molecule has 0 aliphatic rings. The summed E-state index contributed by atoms with van der Waals surface area (Å²) >= 11 is 17.3. The molecule has 0 amide bonds. The highest BCUT2D eigenvalue weighted by Crippen LogP contribution is 2.22. The van der Waals surface area contributed by atoms with E-state index < -0.39 is 0 Å². The van der Waals surface area contributed by atoms with Crippen molar-refractivity contribution >= 4 is 50.5 Å². The van der Waals surface area contributed by atoms with Gasteiger partial charge in [-0.3, -0.25) is 0 Å². The van der Waals surface area contributed by atoms with Crippen LogP contribution in [0.15, 0.2) is 0 Å². The minimum absolute atomic E-state index is 0.421. The van der Waals surface area contributed by atoms with Gasteiger partial charge in [0.15, 0.2) is 0 Å². The van der Waals surface area contributed by atoms with Gasteiger partial charge in [-0.05, 0) is 35.5 Å². The predicted octanol–water partition coefficient (Wildman–Crippen LogP) is 2.72. The summed E-state index contributed by atoms with van der Waals surface area (Å²) < 4.78 is 0. The van der Waals surface area contributed by atoms with Crippen LogP contribution in [0.4, 0.5) is 0 Å². The molecule has 0 nitrogen and oxygen atoms in total. The van der Waals surface area contributed by atoms with Crippen LogP contribution < -0.4 is 0 Å². The zero-order valence-corrected chi connectivity index (χ0v) is 10.9. The van der Waals surface area contributed by atoms with E-state index in [1.807, 2.05) is 0 Å². The average molecular weight is 242 g/mol. The van der Waals surface area contributed by atoms with Gasteiger partial charge in [-0.25, -0.2) is 0 Å². The molecule has 0 aromatic rings. The minimum Gasteiger partial charge on any atom is -0.179 e. The maximum absolute atomic E-state index is 4.43. The van der Waals surface area contributed by atoms with Crippen LogP contribution in [0.25, 0.3) is 0 Å². The molecule has 0 aromatic carbocycles. The van der Waals surface area contributed by atoms with Crippen molar-refractivity contribution in [2.45, 2.75) is 18.6 Å². The number of thiol groups is 4. The molecule has 0 aliphatic carbocycles. The molecule has 4 heteroatoms. The fraction of sp³-hybridized carbons (Fsp3) is 1.00. The molecule has 74 valence electrons. The molecule has 0 heterocycles. The second-order valence-corrected chi connectivity index (χ2v) is 5.06. The Balaban J connectivity index is 3.82. The lowest BCUT2D eigenvalue weighted by atomic mass is 9.96. The van der Waals surface area contributed by atoms with Gasteiger partial charge in [-0.2, -0.15) is 50.5 Å². The fourth-order valence-corrected chi connectivity index (χ4v) is 2.68. The van der Waals surface area contributed by atoms with Crippen LogP contribution in [0.3, 0.4) is 0 Å². The largest absolute Gasteiger partial charge is 0.179 e. The molecule has 2 atom stereocenters. The summed E-state index contributed by atoms with van der Waals surface area (Å²) in [5, 5.41) is 0.421. The maximum Gasteiger partial charge on any atom is 0.00246 e. The van der Waals surface area contributed by atoms with Gasteiger partial charge in [0.05, 0.1) is 0 Å². The Morgan fingerprint density at radius 1 is 1.00 bits per heavy atom. The van der Waals surface area contributed by atoms with Gasteiger partial charge < -0.3 is 0 Å². The molecule has 0 saturated carbocycles. The van der Waals surface area contributed by atoms with Crippen molar-refractivity contribution in [3.8, 4) is 0 Å².